The first-order valence-corrected chi connectivity index (χ1v) is 11.8. The van der Waals surface area contributed by atoms with Gasteiger partial charge in [-0.3, -0.25) is 14.4 Å². The highest BCUT2D eigenvalue weighted by atomic mass is 16.2. The molecule has 9 nitrogen and oxygen atoms in total. The van der Waals surface area contributed by atoms with Gasteiger partial charge in [0.25, 0.3) is 17.7 Å². The topological polar surface area (TPSA) is 139 Å². The number of nitrogens with zero attached hydrogens (tertiary/aromatic N) is 3. The molecule has 0 radical (unpaired) electrons. The summed E-state index contributed by atoms with van der Waals surface area (Å²) in [4.78, 5) is 45.5. The Balaban J connectivity index is 2.03. The van der Waals surface area contributed by atoms with Gasteiger partial charge in [-0.1, -0.05) is 0 Å². The average molecular weight is 487 g/mol. The monoisotopic (exact) mass is 486 g/mol. The second-order valence-corrected chi connectivity index (χ2v) is 8.59. The third-order valence-electron chi connectivity index (χ3n) is 6.18. The van der Waals surface area contributed by atoms with Crippen molar-refractivity contribution in [2.24, 2.45) is 0 Å². The van der Waals surface area contributed by atoms with Crippen molar-refractivity contribution in [3.63, 3.8) is 0 Å². The molecule has 3 aromatic rings. The maximum absolute atomic E-state index is 13.6. The molecule has 186 valence electrons. The van der Waals surface area contributed by atoms with Crippen LogP contribution >= 0.6 is 0 Å². The number of hydrogen-bond donors (Lipinski definition) is 3. The molecular formula is C27H30N6O3. The minimum absolute atomic E-state index is 0.312. The van der Waals surface area contributed by atoms with E-state index in [4.69, 9.17) is 17.2 Å². The first-order chi connectivity index (χ1) is 17.2. The van der Waals surface area contributed by atoms with E-state index in [9.17, 15) is 14.4 Å². The molecular weight excluding hydrogens is 456 g/mol. The molecule has 4 rings (SSSR count). The highest BCUT2D eigenvalue weighted by Gasteiger charge is 2.26. The van der Waals surface area contributed by atoms with Crippen molar-refractivity contribution in [3.05, 3.63) is 71.3 Å². The molecule has 0 unspecified atom stereocenters. The zero-order chi connectivity index (χ0) is 26.1. The normalized spacial score (nSPS) is 14.1. The third kappa shape index (κ3) is 4.43. The predicted octanol–water partition coefficient (Wildman–Crippen LogP) is 3.75. The Hall–Kier alpha value is -4.53. The fourth-order valence-corrected chi connectivity index (χ4v) is 4.54. The van der Waals surface area contributed by atoms with Gasteiger partial charge in [-0.15, -0.1) is 0 Å². The zero-order valence-corrected chi connectivity index (χ0v) is 20.6. The van der Waals surface area contributed by atoms with Gasteiger partial charge in [0.2, 0.25) is 0 Å². The van der Waals surface area contributed by atoms with Crippen molar-refractivity contribution < 1.29 is 14.4 Å². The maximum atomic E-state index is 13.6. The quantitative estimate of drug-likeness (QED) is 0.482. The van der Waals surface area contributed by atoms with E-state index in [1.165, 1.54) is 14.7 Å². The Labute approximate surface area is 210 Å². The van der Waals surface area contributed by atoms with Gasteiger partial charge >= 0.3 is 0 Å². The second kappa shape index (κ2) is 9.61. The number of nitrogen functional groups attached to an aromatic ring is 3. The first-order valence-electron chi connectivity index (χ1n) is 11.8. The van der Waals surface area contributed by atoms with E-state index in [0.29, 0.717) is 70.4 Å². The van der Waals surface area contributed by atoms with E-state index in [2.05, 4.69) is 0 Å². The summed E-state index contributed by atoms with van der Waals surface area (Å²) in [7, 11) is 0. The summed E-state index contributed by atoms with van der Waals surface area (Å²) in [6, 6.07) is 14.6. The van der Waals surface area contributed by atoms with Crippen LogP contribution in [0.25, 0.3) is 0 Å². The molecule has 0 fully saturated rings. The molecule has 3 aromatic carbocycles. The van der Waals surface area contributed by atoms with Crippen LogP contribution < -0.4 is 31.9 Å². The summed E-state index contributed by atoms with van der Waals surface area (Å²) in [6.07, 6.45) is 0. The van der Waals surface area contributed by atoms with Gasteiger partial charge in [0.05, 0.1) is 0 Å². The molecule has 0 saturated heterocycles. The number of anilines is 6. The van der Waals surface area contributed by atoms with Crippen molar-refractivity contribution in [1.82, 2.24) is 0 Å². The summed E-state index contributed by atoms with van der Waals surface area (Å²) < 4.78 is 0. The number of hydrogen-bond acceptors (Lipinski definition) is 6. The predicted molar refractivity (Wildman–Crippen MR) is 145 cm³/mol. The number of amides is 3. The molecule has 0 saturated carbocycles. The van der Waals surface area contributed by atoms with Crippen molar-refractivity contribution in [2.75, 3.05) is 51.5 Å². The molecule has 0 atom stereocenters. The van der Waals surface area contributed by atoms with Gasteiger partial charge in [0.15, 0.2) is 0 Å². The molecule has 0 aromatic heterocycles. The lowest BCUT2D eigenvalue weighted by molar-refractivity contribution is 0.0977. The van der Waals surface area contributed by atoms with Gasteiger partial charge in [0.1, 0.15) is 0 Å². The Morgan fingerprint density at radius 3 is 0.944 bits per heavy atom. The smallest absolute Gasteiger partial charge is 0.258 e. The molecule has 6 N–H and O–H groups in total. The number of fused-ring (bicyclic) bond motifs is 6. The lowest BCUT2D eigenvalue weighted by Crippen LogP contribution is -2.33. The van der Waals surface area contributed by atoms with Crippen LogP contribution in [0.4, 0.5) is 34.1 Å². The lowest BCUT2D eigenvalue weighted by atomic mass is 10.1. The highest BCUT2D eigenvalue weighted by molar-refractivity contribution is 6.13. The van der Waals surface area contributed by atoms with Crippen molar-refractivity contribution in [3.8, 4) is 0 Å². The zero-order valence-electron chi connectivity index (χ0n) is 20.6. The molecule has 0 aliphatic carbocycles. The Bertz CT molecular complexity index is 1200. The van der Waals surface area contributed by atoms with Crippen LogP contribution in [-0.2, 0) is 0 Å². The lowest BCUT2D eigenvalue weighted by Gasteiger charge is -2.25. The summed E-state index contributed by atoms with van der Waals surface area (Å²) >= 11 is 0. The van der Waals surface area contributed by atoms with Crippen LogP contribution in [0.3, 0.4) is 0 Å². The van der Waals surface area contributed by atoms with Crippen LogP contribution in [-0.4, -0.2) is 37.4 Å². The number of rotatable bonds is 3. The SMILES string of the molecule is CCN1C(=O)c2cc(N)cc(c2)N(CC)C(=O)c2cc(N)cc(c2)N(CC)C(=O)c2cc(N)cc1c2. The van der Waals surface area contributed by atoms with Crippen molar-refractivity contribution >= 4 is 51.8 Å². The fourth-order valence-electron chi connectivity index (χ4n) is 4.54. The van der Waals surface area contributed by atoms with Gasteiger partial charge in [-0.2, -0.15) is 0 Å². The second-order valence-electron chi connectivity index (χ2n) is 8.59. The van der Waals surface area contributed by atoms with E-state index >= 15 is 0 Å². The Morgan fingerprint density at radius 2 is 0.722 bits per heavy atom. The van der Waals surface area contributed by atoms with Crippen LogP contribution in [0.1, 0.15) is 51.8 Å². The summed E-state index contributed by atoms with van der Waals surface area (Å²) in [5, 5.41) is 0. The Morgan fingerprint density at radius 1 is 0.472 bits per heavy atom. The summed E-state index contributed by atoms with van der Waals surface area (Å²) in [5.41, 5.74) is 21.9. The fraction of sp³-hybridized carbons (Fsp3) is 0.222. The summed E-state index contributed by atoms with van der Waals surface area (Å²) in [6.45, 7) is 6.47. The van der Waals surface area contributed by atoms with Gasteiger partial charge in [-0.05, 0) is 75.4 Å². The van der Waals surface area contributed by atoms with Gasteiger partial charge in [0, 0.05) is 70.4 Å². The highest BCUT2D eigenvalue weighted by Crippen LogP contribution is 2.30. The molecule has 0 spiro atoms. The number of benzene rings is 3. The largest absolute Gasteiger partial charge is 0.399 e. The summed E-state index contributed by atoms with van der Waals surface area (Å²) in [5.74, 6) is -0.985. The number of nitrogens with two attached hydrogens (primary N) is 3. The van der Waals surface area contributed by atoms with Gasteiger partial charge in [-0.25, -0.2) is 0 Å². The van der Waals surface area contributed by atoms with E-state index < -0.39 is 0 Å². The standard InChI is InChI=1S/C27H30N6O3/c1-4-31-22-10-17(8-19(28)13-22)26(35)33(6-3)24-12-18(9-21(30)15-24)27(36)32(5-2)23-11-16(25(31)34)7-20(29)14-23/h7-15H,4-6,28-30H2,1-3H3. The molecule has 6 bridgehead atoms. The van der Waals surface area contributed by atoms with Crippen LogP contribution in [0.15, 0.2) is 54.6 Å². The maximum Gasteiger partial charge on any atom is 0.258 e. The van der Waals surface area contributed by atoms with E-state index in [-0.39, 0.29) is 17.7 Å². The molecule has 1 heterocycles. The van der Waals surface area contributed by atoms with E-state index in [1.54, 1.807) is 54.6 Å². The molecule has 36 heavy (non-hydrogen) atoms. The number of carbonyl (C=O) groups excluding carboxylic acids is 3. The molecule has 1 aliphatic rings. The Kier molecular flexibility index (Phi) is 6.57. The average Bonchev–Trinajstić information content (AvgIpc) is 2.83. The van der Waals surface area contributed by atoms with Gasteiger partial charge < -0.3 is 31.9 Å². The van der Waals surface area contributed by atoms with Crippen molar-refractivity contribution in [1.29, 1.82) is 0 Å². The molecule has 9 heteroatoms. The minimum atomic E-state index is -0.328. The van der Waals surface area contributed by atoms with Crippen LogP contribution in [0.2, 0.25) is 0 Å². The van der Waals surface area contributed by atoms with Crippen LogP contribution in [0.5, 0.6) is 0 Å². The third-order valence-corrected chi connectivity index (χ3v) is 6.18. The van der Waals surface area contributed by atoms with Crippen LogP contribution in [0, 0.1) is 0 Å². The van der Waals surface area contributed by atoms with E-state index in [0.717, 1.165) is 0 Å². The van der Waals surface area contributed by atoms with E-state index in [1.807, 2.05) is 20.8 Å². The van der Waals surface area contributed by atoms with Crippen molar-refractivity contribution in [2.45, 2.75) is 20.8 Å². The first kappa shape index (κ1) is 24.6. The number of carbonyl (C=O) groups is 3. The molecule has 1 aliphatic heterocycles. The minimum Gasteiger partial charge on any atom is -0.399 e. The molecule has 3 amide bonds.